The minimum atomic E-state index is -4.71. The van der Waals surface area contributed by atoms with Crippen LogP contribution in [0, 0.1) is 0 Å². The van der Waals surface area contributed by atoms with E-state index in [-0.39, 0.29) is 18.4 Å². The van der Waals surface area contributed by atoms with Crippen molar-refractivity contribution < 1.29 is 27.8 Å². The Morgan fingerprint density at radius 1 is 1.15 bits per heavy atom. The molecule has 0 aromatic heterocycles. The number of aliphatic hydroxyl groups excluding tert-OH is 1. The smallest absolute Gasteiger partial charge is 0.491 e. The third-order valence-electron chi connectivity index (χ3n) is 2.26. The monoisotopic (exact) mass is 293 g/mol. The number of aliphatic hydroxyl groups is 1. The molecule has 0 aliphatic rings. The van der Waals surface area contributed by atoms with Gasteiger partial charge in [-0.2, -0.15) is 0 Å². The molecule has 0 amide bonds. The van der Waals surface area contributed by atoms with Gasteiger partial charge in [0.25, 0.3) is 0 Å². The zero-order valence-corrected chi connectivity index (χ0v) is 11.3. The van der Waals surface area contributed by atoms with Crippen LogP contribution < -0.4 is 14.8 Å². The summed E-state index contributed by atoms with van der Waals surface area (Å²) in [6.45, 7) is 4.34. The third-order valence-corrected chi connectivity index (χ3v) is 2.26. The number of halogens is 3. The first-order valence-corrected chi connectivity index (χ1v) is 6.16. The van der Waals surface area contributed by atoms with Crippen molar-refractivity contribution >= 4 is 0 Å². The Balaban J connectivity index is 2.38. The second-order valence-corrected chi connectivity index (χ2v) is 4.55. The Morgan fingerprint density at radius 2 is 1.70 bits per heavy atom. The van der Waals surface area contributed by atoms with E-state index < -0.39 is 12.5 Å². The lowest BCUT2D eigenvalue weighted by Crippen LogP contribution is -2.35. The second-order valence-electron chi connectivity index (χ2n) is 4.55. The first-order valence-electron chi connectivity index (χ1n) is 6.16. The van der Waals surface area contributed by atoms with Crippen LogP contribution in [0.15, 0.2) is 24.3 Å². The van der Waals surface area contributed by atoms with Crippen LogP contribution in [0.2, 0.25) is 0 Å². The van der Waals surface area contributed by atoms with E-state index in [9.17, 15) is 18.3 Å². The Hall–Kier alpha value is -1.47. The summed E-state index contributed by atoms with van der Waals surface area (Å²) < 4.78 is 44.8. The lowest BCUT2D eigenvalue weighted by Gasteiger charge is -2.15. The average molecular weight is 293 g/mol. The van der Waals surface area contributed by atoms with Crippen molar-refractivity contribution in [3.63, 3.8) is 0 Å². The van der Waals surface area contributed by atoms with E-state index in [0.717, 1.165) is 12.1 Å². The van der Waals surface area contributed by atoms with Crippen LogP contribution >= 0.6 is 0 Å². The molecule has 0 saturated carbocycles. The molecule has 1 aromatic carbocycles. The van der Waals surface area contributed by atoms with E-state index in [1.54, 1.807) is 0 Å². The second kappa shape index (κ2) is 7.35. The molecule has 1 unspecified atom stereocenters. The Bertz CT molecular complexity index is 393. The van der Waals surface area contributed by atoms with E-state index in [1.807, 2.05) is 13.8 Å². The van der Waals surface area contributed by atoms with Crippen molar-refractivity contribution in [3.05, 3.63) is 24.3 Å². The minimum absolute atomic E-state index is 0.0548. The number of hydrogen-bond acceptors (Lipinski definition) is 4. The minimum Gasteiger partial charge on any atom is -0.491 e. The molecule has 0 radical (unpaired) electrons. The Kier molecular flexibility index (Phi) is 6.09. The molecule has 0 heterocycles. The van der Waals surface area contributed by atoms with Crippen LogP contribution in [0.5, 0.6) is 11.5 Å². The zero-order chi connectivity index (χ0) is 15.2. The van der Waals surface area contributed by atoms with Gasteiger partial charge in [-0.1, -0.05) is 13.8 Å². The lowest BCUT2D eigenvalue weighted by molar-refractivity contribution is -0.274. The summed E-state index contributed by atoms with van der Waals surface area (Å²) in [6, 6.07) is 5.26. The number of rotatable bonds is 7. The quantitative estimate of drug-likeness (QED) is 0.810. The van der Waals surface area contributed by atoms with Gasteiger partial charge >= 0.3 is 6.36 Å². The van der Waals surface area contributed by atoms with E-state index in [0.29, 0.717) is 12.3 Å². The zero-order valence-electron chi connectivity index (χ0n) is 11.3. The maximum atomic E-state index is 12.0. The molecule has 1 atom stereocenters. The van der Waals surface area contributed by atoms with Gasteiger partial charge in [0.05, 0.1) is 0 Å². The normalized spacial score (nSPS) is 13.3. The molecule has 2 N–H and O–H groups in total. The van der Waals surface area contributed by atoms with Crippen molar-refractivity contribution in [2.24, 2.45) is 0 Å². The van der Waals surface area contributed by atoms with E-state index >= 15 is 0 Å². The van der Waals surface area contributed by atoms with Crippen LogP contribution in [-0.2, 0) is 0 Å². The average Bonchev–Trinajstić information content (AvgIpc) is 2.33. The predicted octanol–water partition coefficient (Wildman–Crippen LogP) is 2.32. The summed E-state index contributed by atoms with van der Waals surface area (Å²) in [4.78, 5) is 0. The van der Waals surface area contributed by atoms with Crippen molar-refractivity contribution in [3.8, 4) is 11.5 Å². The van der Waals surface area contributed by atoms with Gasteiger partial charge in [0.1, 0.15) is 24.2 Å². The highest BCUT2D eigenvalue weighted by molar-refractivity contribution is 5.31. The Labute approximate surface area is 115 Å². The molecule has 0 bridgehead atoms. The first kappa shape index (κ1) is 16.6. The molecule has 0 spiro atoms. The van der Waals surface area contributed by atoms with Gasteiger partial charge in [0.15, 0.2) is 0 Å². The first-order chi connectivity index (χ1) is 9.26. The summed E-state index contributed by atoms with van der Waals surface area (Å²) in [7, 11) is 0. The molecule has 20 heavy (non-hydrogen) atoms. The molecular formula is C13H18F3NO3. The fourth-order valence-electron chi connectivity index (χ4n) is 1.36. The van der Waals surface area contributed by atoms with Gasteiger partial charge in [-0.05, 0) is 24.3 Å². The third kappa shape index (κ3) is 7.20. The van der Waals surface area contributed by atoms with Gasteiger partial charge in [0, 0.05) is 12.6 Å². The van der Waals surface area contributed by atoms with Gasteiger partial charge in [0.2, 0.25) is 0 Å². The van der Waals surface area contributed by atoms with Crippen molar-refractivity contribution in [2.75, 3.05) is 13.2 Å². The van der Waals surface area contributed by atoms with Gasteiger partial charge in [-0.15, -0.1) is 13.2 Å². The molecule has 0 fully saturated rings. The highest BCUT2D eigenvalue weighted by atomic mass is 19.4. The molecule has 4 nitrogen and oxygen atoms in total. The van der Waals surface area contributed by atoms with Gasteiger partial charge in [-0.3, -0.25) is 0 Å². The number of ether oxygens (including phenoxy) is 2. The van der Waals surface area contributed by atoms with Crippen LogP contribution in [0.25, 0.3) is 0 Å². The molecular weight excluding hydrogens is 275 g/mol. The number of hydrogen-bond donors (Lipinski definition) is 2. The fourth-order valence-corrected chi connectivity index (χ4v) is 1.36. The maximum absolute atomic E-state index is 12.0. The van der Waals surface area contributed by atoms with Crippen LogP contribution in [0.4, 0.5) is 13.2 Å². The number of benzene rings is 1. The summed E-state index contributed by atoms with van der Waals surface area (Å²) in [5.41, 5.74) is 0. The highest BCUT2D eigenvalue weighted by Crippen LogP contribution is 2.24. The maximum Gasteiger partial charge on any atom is 0.573 e. The number of nitrogens with one attached hydrogen (secondary N) is 1. The van der Waals surface area contributed by atoms with E-state index in [2.05, 4.69) is 10.1 Å². The SMILES string of the molecule is CC(C)NCC(O)COc1ccc(OC(F)(F)F)cc1. The molecule has 1 rings (SSSR count). The molecule has 1 aromatic rings. The van der Waals surface area contributed by atoms with Crippen LogP contribution in [-0.4, -0.2) is 36.8 Å². The molecule has 0 aliphatic heterocycles. The van der Waals surface area contributed by atoms with E-state index in [1.165, 1.54) is 12.1 Å². The van der Waals surface area contributed by atoms with Crippen LogP contribution in [0.1, 0.15) is 13.8 Å². The Morgan fingerprint density at radius 3 is 2.20 bits per heavy atom. The topological polar surface area (TPSA) is 50.7 Å². The predicted molar refractivity (Wildman–Crippen MR) is 67.8 cm³/mol. The lowest BCUT2D eigenvalue weighted by atomic mass is 10.3. The molecule has 0 aliphatic carbocycles. The summed E-state index contributed by atoms with van der Waals surface area (Å²) >= 11 is 0. The summed E-state index contributed by atoms with van der Waals surface area (Å²) in [5, 5.41) is 12.6. The summed E-state index contributed by atoms with van der Waals surface area (Å²) in [5.74, 6) is 0.0509. The molecule has 114 valence electrons. The van der Waals surface area contributed by atoms with Gasteiger partial charge in [-0.25, -0.2) is 0 Å². The van der Waals surface area contributed by atoms with E-state index in [4.69, 9.17) is 4.74 Å². The highest BCUT2D eigenvalue weighted by Gasteiger charge is 2.30. The fraction of sp³-hybridized carbons (Fsp3) is 0.538. The summed E-state index contributed by atoms with van der Waals surface area (Å²) in [6.07, 6.45) is -5.40. The van der Waals surface area contributed by atoms with Crippen molar-refractivity contribution in [1.29, 1.82) is 0 Å². The van der Waals surface area contributed by atoms with Gasteiger partial charge < -0.3 is 19.9 Å². The van der Waals surface area contributed by atoms with Crippen molar-refractivity contribution in [1.82, 2.24) is 5.32 Å². The molecule has 7 heteroatoms. The standard InChI is InChI=1S/C13H18F3NO3/c1-9(2)17-7-10(18)8-19-11-3-5-12(6-4-11)20-13(14,15)16/h3-6,9-10,17-18H,7-8H2,1-2H3. The van der Waals surface area contributed by atoms with Crippen molar-refractivity contribution in [2.45, 2.75) is 32.4 Å². The largest absolute Gasteiger partial charge is 0.573 e. The number of alkyl halides is 3. The van der Waals surface area contributed by atoms with Crippen LogP contribution in [0.3, 0.4) is 0 Å². The molecule has 0 saturated heterocycles.